The van der Waals surface area contributed by atoms with Crippen molar-refractivity contribution < 1.29 is 9.59 Å². The van der Waals surface area contributed by atoms with Crippen molar-refractivity contribution in [2.24, 2.45) is 5.92 Å². The number of nitrogens with zero attached hydrogens (tertiary/aromatic N) is 1. The summed E-state index contributed by atoms with van der Waals surface area (Å²) < 4.78 is 0. The summed E-state index contributed by atoms with van der Waals surface area (Å²) in [5, 5.41) is 2.80. The highest BCUT2D eigenvalue weighted by molar-refractivity contribution is 5.80. The van der Waals surface area contributed by atoms with Crippen LogP contribution in [0.5, 0.6) is 0 Å². The van der Waals surface area contributed by atoms with Gasteiger partial charge >= 0.3 is 0 Å². The van der Waals surface area contributed by atoms with Crippen molar-refractivity contribution in [1.82, 2.24) is 10.2 Å². The molecule has 2 rings (SSSR count). The van der Waals surface area contributed by atoms with Gasteiger partial charge in [0, 0.05) is 32.5 Å². The van der Waals surface area contributed by atoms with Crippen molar-refractivity contribution in [3.63, 3.8) is 0 Å². The van der Waals surface area contributed by atoms with E-state index >= 15 is 0 Å². The average molecular weight is 238 g/mol. The Morgan fingerprint density at radius 3 is 2.76 bits per heavy atom. The molecular formula is C13H22N2O2. The van der Waals surface area contributed by atoms with Gasteiger partial charge in [-0.25, -0.2) is 0 Å². The lowest BCUT2D eigenvalue weighted by atomic mass is 9.86. The largest absolute Gasteiger partial charge is 0.354 e. The first-order valence-electron chi connectivity index (χ1n) is 6.80. The van der Waals surface area contributed by atoms with E-state index in [-0.39, 0.29) is 11.8 Å². The van der Waals surface area contributed by atoms with E-state index in [1.807, 2.05) is 4.90 Å². The van der Waals surface area contributed by atoms with Gasteiger partial charge in [-0.3, -0.25) is 9.59 Å². The Morgan fingerprint density at radius 1 is 1.24 bits per heavy atom. The van der Waals surface area contributed by atoms with Gasteiger partial charge in [-0.2, -0.15) is 0 Å². The van der Waals surface area contributed by atoms with E-state index in [2.05, 4.69) is 5.32 Å². The van der Waals surface area contributed by atoms with E-state index in [1.54, 1.807) is 0 Å². The van der Waals surface area contributed by atoms with Crippen LogP contribution in [0.1, 0.15) is 44.9 Å². The molecule has 96 valence electrons. The van der Waals surface area contributed by atoms with Gasteiger partial charge in [0.15, 0.2) is 0 Å². The fourth-order valence-corrected chi connectivity index (χ4v) is 2.78. The van der Waals surface area contributed by atoms with E-state index < -0.39 is 0 Å². The van der Waals surface area contributed by atoms with Crippen molar-refractivity contribution in [1.29, 1.82) is 0 Å². The molecule has 1 saturated heterocycles. The molecule has 4 nitrogen and oxygen atoms in total. The predicted molar refractivity (Wildman–Crippen MR) is 65.4 cm³/mol. The van der Waals surface area contributed by atoms with E-state index in [0.717, 1.165) is 0 Å². The highest BCUT2D eigenvalue weighted by Crippen LogP contribution is 2.26. The lowest BCUT2D eigenvalue weighted by Crippen LogP contribution is -2.35. The summed E-state index contributed by atoms with van der Waals surface area (Å²) in [6.07, 6.45) is 7.43. The number of hydrogen-bond donors (Lipinski definition) is 1. The monoisotopic (exact) mass is 238 g/mol. The maximum Gasteiger partial charge on any atom is 0.222 e. The topological polar surface area (TPSA) is 49.4 Å². The third-order valence-corrected chi connectivity index (χ3v) is 3.85. The average Bonchev–Trinajstić information content (AvgIpc) is 2.55. The van der Waals surface area contributed by atoms with Crippen molar-refractivity contribution in [3.8, 4) is 0 Å². The first kappa shape index (κ1) is 12.4. The van der Waals surface area contributed by atoms with Crippen LogP contribution >= 0.6 is 0 Å². The zero-order chi connectivity index (χ0) is 12.1. The third kappa shape index (κ3) is 3.72. The molecule has 1 N–H and O–H groups in total. The van der Waals surface area contributed by atoms with Crippen LogP contribution in [0.4, 0.5) is 0 Å². The third-order valence-electron chi connectivity index (χ3n) is 3.85. The fraction of sp³-hybridized carbons (Fsp3) is 0.846. The van der Waals surface area contributed by atoms with Gasteiger partial charge in [-0.15, -0.1) is 0 Å². The minimum absolute atomic E-state index is 0.0676. The molecule has 2 amide bonds. The summed E-state index contributed by atoms with van der Waals surface area (Å²) in [5.74, 6) is 0.898. The number of rotatable bonds is 2. The normalized spacial score (nSPS) is 23.1. The molecule has 0 aromatic rings. The SMILES string of the molecule is O=C1CCN(C(=O)CC2CCCCC2)CCN1. The molecular weight excluding hydrogens is 216 g/mol. The van der Waals surface area contributed by atoms with Crippen LogP contribution in [-0.2, 0) is 9.59 Å². The van der Waals surface area contributed by atoms with Crippen molar-refractivity contribution in [2.75, 3.05) is 19.6 Å². The van der Waals surface area contributed by atoms with E-state index in [4.69, 9.17) is 0 Å². The van der Waals surface area contributed by atoms with Crippen LogP contribution in [-0.4, -0.2) is 36.3 Å². The molecule has 0 bridgehead atoms. The second-order valence-corrected chi connectivity index (χ2v) is 5.19. The van der Waals surface area contributed by atoms with Gasteiger partial charge in [0.05, 0.1) is 0 Å². The molecule has 0 aromatic carbocycles. The quantitative estimate of drug-likeness (QED) is 0.788. The van der Waals surface area contributed by atoms with Crippen LogP contribution < -0.4 is 5.32 Å². The second-order valence-electron chi connectivity index (χ2n) is 5.19. The molecule has 1 aliphatic carbocycles. The number of nitrogens with one attached hydrogen (secondary N) is 1. The number of hydrogen-bond acceptors (Lipinski definition) is 2. The summed E-state index contributed by atoms with van der Waals surface area (Å²) >= 11 is 0. The maximum absolute atomic E-state index is 12.1. The molecule has 2 fully saturated rings. The summed E-state index contributed by atoms with van der Waals surface area (Å²) in [6, 6.07) is 0. The molecule has 17 heavy (non-hydrogen) atoms. The van der Waals surface area contributed by atoms with Crippen molar-refractivity contribution in [2.45, 2.75) is 44.9 Å². The summed E-state index contributed by atoms with van der Waals surface area (Å²) in [7, 11) is 0. The van der Waals surface area contributed by atoms with Crippen molar-refractivity contribution >= 4 is 11.8 Å². The fourth-order valence-electron chi connectivity index (χ4n) is 2.78. The molecule has 0 atom stereocenters. The van der Waals surface area contributed by atoms with Crippen LogP contribution in [0, 0.1) is 5.92 Å². The molecule has 0 aromatic heterocycles. The summed E-state index contributed by atoms with van der Waals surface area (Å²) in [5.41, 5.74) is 0. The van der Waals surface area contributed by atoms with Crippen LogP contribution in [0.25, 0.3) is 0 Å². The maximum atomic E-state index is 12.1. The molecule has 2 aliphatic rings. The number of carbonyl (C=O) groups is 2. The molecule has 1 saturated carbocycles. The Balaban J connectivity index is 1.79. The lowest BCUT2D eigenvalue weighted by molar-refractivity contribution is -0.132. The highest BCUT2D eigenvalue weighted by atomic mass is 16.2. The van der Waals surface area contributed by atoms with Crippen LogP contribution in [0.3, 0.4) is 0 Å². The number of amides is 2. The van der Waals surface area contributed by atoms with Gasteiger partial charge in [0.1, 0.15) is 0 Å². The number of carbonyl (C=O) groups excluding carboxylic acids is 2. The second kappa shape index (κ2) is 6.03. The predicted octanol–water partition coefficient (Wildman–Crippen LogP) is 1.31. The summed E-state index contributed by atoms with van der Waals surface area (Å²) in [6.45, 7) is 1.88. The summed E-state index contributed by atoms with van der Waals surface area (Å²) in [4.78, 5) is 25.2. The zero-order valence-electron chi connectivity index (χ0n) is 10.4. The smallest absolute Gasteiger partial charge is 0.222 e. The van der Waals surface area contributed by atoms with Gasteiger partial charge in [-0.1, -0.05) is 19.3 Å². The lowest BCUT2D eigenvalue weighted by Gasteiger charge is -2.25. The highest BCUT2D eigenvalue weighted by Gasteiger charge is 2.22. The Labute approximate surface area is 103 Å². The first-order valence-corrected chi connectivity index (χ1v) is 6.80. The molecule has 0 radical (unpaired) electrons. The zero-order valence-corrected chi connectivity index (χ0v) is 10.4. The van der Waals surface area contributed by atoms with E-state index in [1.165, 1.54) is 32.1 Å². The van der Waals surface area contributed by atoms with Gasteiger partial charge in [0.2, 0.25) is 11.8 Å². The first-order chi connectivity index (χ1) is 8.25. The Bertz CT molecular complexity index is 285. The van der Waals surface area contributed by atoms with Gasteiger partial charge in [0.25, 0.3) is 0 Å². The molecule has 1 aliphatic heterocycles. The van der Waals surface area contributed by atoms with E-state index in [9.17, 15) is 9.59 Å². The molecule has 4 heteroatoms. The Morgan fingerprint density at radius 2 is 2.00 bits per heavy atom. The Hall–Kier alpha value is -1.06. The van der Waals surface area contributed by atoms with E-state index in [0.29, 0.717) is 38.4 Å². The molecule has 1 heterocycles. The molecule has 0 unspecified atom stereocenters. The van der Waals surface area contributed by atoms with Gasteiger partial charge in [-0.05, 0) is 18.8 Å². The Kier molecular flexibility index (Phi) is 4.40. The van der Waals surface area contributed by atoms with Crippen molar-refractivity contribution in [3.05, 3.63) is 0 Å². The minimum atomic E-state index is 0.0676. The van der Waals surface area contributed by atoms with Crippen LogP contribution in [0.2, 0.25) is 0 Å². The van der Waals surface area contributed by atoms with Crippen LogP contribution in [0.15, 0.2) is 0 Å². The minimum Gasteiger partial charge on any atom is -0.354 e. The molecule has 0 spiro atoms. The van der Waals surface area contributed by atoms with Gasteiger partial charge < -0.3 is 10.2 Å². The standard InChI is InChI=1S/C13H22N2O2/c16-12-6-8-15(9-7-14-12)13(17)10-11-4-2-1-3-5-11/h11H,1-10H2,(H,14,16).